The van der Waals surface area contributed by atoms with Gasteiger partial charge in [-0.1, -0.05) is 39.2 Å². The van der Waals surface area contributed by atoms with Gasteiger partial charge in [0.2, 0.25) is 0 Å². The monoisotopic (exact) mass is 789 g/mol. The van der Waals surface area contributed by atoms with Crippen LogP contribution in [0.5, 0.6) is 0 Å². The maximum absolute atomic E-state index is 12.8. The SMILES string of the molecule is C/C1=C/C(=O)O[C@H](C(C)(C)C)CCC[C@H](O)CCC[C@H](O)CCC[C@H](O)CCC[C@@H](O)C[C@@H](O)C[C@H](O)CCC[C@@H](O)CCC[C@@H](O)C[C@@H](O)CCCCC1. The number of aliphatic hydroxyl groups excluding tert-OH is 9. The van der Waals surface area contributed by atoms with Crippen LogP contribution in [0.25, 0.3) is 0 Å². The van der Waals surface area contributed by atoms with Crippen molar-refractivity contribution in [3.05, 3.63) is 11.6 Å². The Morgan fingerprint density at radius 2 is 0.745 bits per heavy atom. The lowest BCUT2D eigenvalue weighted by molar-refractivity contribution is -0.149. The Morgan fingerprint density at radius 1 is 0.436 bits per heavy atom. The van der Waals surface area contributed by atoms with E-state index in [1.54, 1.807) is 6.08 Å². The Morgan fingerprint density at radius 3 is 1.11 bits per heavy atom. The van der Waals surface area contributed by atoms with Gasteiger partial charge in [0.05, 0.1) is 54.9 Å². The van der Waals surface area contributed by atoms with Crippen molar-refractivity contribution in [2.24, 2.45) is 5.41 Å². The fourth-order valence-corrected chi connectivity index (χ4v) is 7.65. The summed E-state index contributed by atoms with van der Waals surface area (Å²) in [5.41, 5.74) is 0.692. The molecule has 0 amide bonds. The summed E-state index contributed by atoms with van der Waals surface area (Å²) in [5.74, 6) is -0.352. The van der Waals surface area contributed by atoms with Gasteiger partial charge >= 0.3 is 5.97 Å². The second-order valence-electron chi connectivity index (χ2n) is 18.1. The standard InChI is InChI=1S/C44H84O11/c1-32-14-6-5-7-15-37(49)29-38(50)24-10-20-35(47)22-12-26-40(52)31-41(53)30-39(51)25-11-21-34(46)18-8-16-33(45)17-9-19-36(48)23-13-27-42(44(2,3)4)55-43(54)28-32/h28,33-42,45-53H,5-27,29-31H2,1-4H3/b32-28-/t33-,34+,35+,36-,37+,38-,39-,40-,41-,42+/m1/s1. The van der Waals surface area contributed by atoms with E-state index in [1.165, 1.54) is 0 Å². The highest BCUT2D eigenvalue weighted by molar-refractivity contribution is 5.82. The fraction of sp³-hybridized carbons (Fsp3) is 0.932. The molecule has 1 heterocycles. The summed E-state index contributed by atoms with van der Waals surface area (Å²) in [6, 6.07) is 0. The van der Waals surface area contributed by atoms with Crippen LogP contribution in [-0.4, -0.2) is 113 Å². The minimum atomic E-state index is -0.844. The fourth-order valence-electron chi connectivity index (χ4n) is 7.65. The summed E-state index contributed by atoms with van der Waals surface area (Å²) in [4.78, 5) is 12.8. The van der Waals surface area contributed by atoms with Gasteiger partial charge in [-0.2, -0.15) is 0 Å². The molecule has 11 nitrogen and oxygen atoms in total. The summed E-state index contributed by atoms with van der Waals surface area (Å²) in [7, 11) is 0. The molecule has 1 aliphatic rings. The Labute approximate surface area is 333 Å². The zero-order chi connectivity index (χ0) is 41.2. The molecule has 0 fully saturated rings. The third-order valence-corrected chi connectivity index (χ3v) is 11.2. The highest BCUT2D eigenvalue weighted by Gasteiger charge is 2.28. The van der Waals surface area contributed by atoms with E-state index in [9.17, 15) is 50.8 Å². The molecule has 0 unspecified atom stereocenters. The molecular weight excluding hydrogens is 704 g/mol. The van der Waals surface area contributed by atoms with Crippen LogP contribution in [0.2, 0.25) is 0 Å². The number of aliphatic hydroxyl groups is 9. The van der Waals surface area contributed by atoms with Gasteiger partial charge in [-0.05, 0) is 166 Å². The highest BCUT2D eigenvalue weighted by atomic mass is 16.5. The molecule has 1 rings (SSSR count). The van der Waals surface area contributed by atoms with Crippen molar-refractivity contribution < 1.29 is 55.5 Å². The Bertz CT molecular complexity index is 985. The van der Waals surface area contributed by atoms with Crippen molar-refractivity contribution in [1.29, 1.82) is 0 Å². The van der Waals surface area contributed by atoms with Gasteiger partial charge in [0, 0.05) is 6.08 Å². The molecule has 0 aromatic rings. The molecule has 0 aliphatic carbocycles. The summed E-state index contributed by atoms with van der Waals surface area (Å²) in [6.45, 7) is 8.06. The Kier molecular flexibility index (Phi) is 28.3. The molecule has 0 bridgehead atoms. The van der Waals surface area contributed by atoms with Crippen molar-refractivity contribution in [2.45, 2.75) is 256 Å². The van der Waals surface area contributed by atoms with Gasteiger partial charge in [-0.25, -0.2) is 4.79 Å². The first kappa shape index (κ1) is 51.9. The molecule has 11 heteroatoms. The molecule has 0 radical (unpaired) electrons. The summed E-state index contributed by atoms with van der Waals surface area (Å²) < 4.78 is 5.89. The van der Waals surface area contributed by atoms with E-state index >= 15 is 0 Å². The first-order valence-corrected chi connectivity index (χ1v) is 21.9. The summed E-state index contributed by atoms with van der Waals surface area (Å²) in [6.07, 6.45) is 10.6. The minimum Gasteiger partial charge on any atom is -0.459 e. The van der Waals surface area contributed by atoms with Crippen LogP contribution in [0, 0.1) is 5.41 Å². The van der Waals surface area contributed by atoms with Crippen molar-refractivity contribution >= 4 is 5.97 Å². The van der Waals surface area contributed by atoms with Crippen molar-refractivity contribution in [3.8, 4) is 0 Å². The van der Waals surface area contributed by atoms with E-state index in [0.717, 1.165) is 31.3 Å². The molecule has 55 heavy (non-hydrogen) atoms. The Hall–Kier alpha value is -1.15. The largest absolute Gasteiger partial charge is 0.459 e. The van der Waals surface area contributed by atoms with E-state index in [-0.39, 0.29) is 30.3 Å². The molecule has 1 aliphatic heterocycles. The van der Waals surface area contributed by atoms with Gasteiger partial charge in [-0.15, -0.1) is 0 Å². The zero-order valence-electron chi connectivity index (χ0n) is 35.1. The smallest absolute Gasteiger partial charge is 0.330 e. The van der Waals surface area contributed by atoms with E-state index in [2.05, 4.69) is 0 Å². The molecule has 326 valence electrons. The number of esters is 1. The van der Waals surface area contributed by atoms with E-state index in [0.29, 0.717) is 128 Å². The molecule has 9 N–H and O–H groups in total. The molecular formula is C44H84O11. The number of cyclic esters (lactones) is 1. The molecule has 10 atom stereocenters. The predicted octanol–water partition coefficient (Wildman–Crippen LogP) is 6.29. The first-order chi connectivity index (χ1) is 25.9. The van der Waals surface area contributed by atoms with Crippen LogP contribution in [0.4, 0.5) is 0 Å². The average Bonchev–Trinajstić information content (AvgIpc) is 3.06. The van der Waals surface area contributed by atoms with Crippen LogP contribution >= 0.6 is 0 Å². The number of rotatable bonds is 0. The van der Waals surface area contributed by atoms with Gasteiger partial charge in [0.15, 0.2) is 0 Å². The summed E-state index contributed by atoms with van der Waals surface area (Å²) in [5, 5.41) is 93.8. The van der Waals surface area contributed by atoms with Crippen LogP contribution in [0.1, 0.15) is 195 Å². The van der Waals surface area contributed by atoms with Gasteiger partial charge < -0.3 is 50.7 Å². The topological polar surface area (TPSA) is 208 Å². The molecule has 0 aromatic carbocycles. The third kappa shape index (κ3) is 28.8. The second kappa shape index (κ2) is 30.0. The lowest BCUT2D eigenvalue weighted by atomic mass is 9.85. The number of ether oxygens (including phenoxy) is 1. The van der Waals surface area contributed by atoms with Crippen LogP contribution < -0.4 is 0 Å². The minimum absolute atomic E-state index is 0.149. The second-order valence-corrected chi connectivity index (χ2v) is 18.1. The van der Waals surface area contributed by atoms with Crippen molar-refractivity contribution in [3.63, 3.8) is 0 Å². The molecule has 0 saturated heterocycles. The quantitative estimate of drug-likeness (QED) is 0.125. The number of allylic oxidation sites excluding steroid dienone is 1. The highest BCUT2D eigenvalue weighted by Crippen LogP contribution is 2.28. The van der Waals surface area contributed by atoms with Gasteiger partial charge in [0.25, 0.3) is 0 Å². The van der Waals surface area contributed by atoms with Crippen molar-refractivity contribution in [1.82, 2.24) is 0 Å². The van der Waals surface area contributed by atoms with Crippen LogP contribution in [0.3, 0.4) is 0 Å². The molecule has 0 aromatic heterocycles. The summed E-state index contributed by atoms with van der Waals surface area (Å²) >= 11 is 0. The molecule has 0 spiro atoms. The average molecular weight is 789 g/mol. The van der Waals surface area contributed by atoms with Crippen LogP contribution in [0.15, 0.2) is 11.6 Å². The lowest BCUT2D eigenvalue weighted by Gasteiger charge is -2.30. The van der Waals surface area contributed by atoms with E-state index in [4.69, 9.17) is 4.74 Å². The third-order valence-electron chi connectivity index (χ3n) is 11.2. The zero-order valence-corrected chi connectivity index (χ0v) is 35.1. The molecule has 0 saturated carbocycles. The Balaban J connectivity index is 2.67. The van der Waals surface area contributed by atoms with Crippen molar-refractivity contribution in [2.75, 3.05) is 0 Å². The first-order valence-electron chi connectivity index (χ1n) is 21.9. The number of carbonyl (C=O) groups is 1. The number of carbonyl (C=O) groups excluding carboxylic acids is 1. The van der Waals surface area contributed by atoms with Gasteiger partial charge in [-0.3, -0.25) is 0 Å². The maximum Gasteiger partial charge on any atom is 0.330 e. The van der Waals surface area contributed by atoms with E-state index < -0.39 is 54.9 Å². The number of hydrogen-bond donors (Lipinski definition) is 9. The predicted molar refractivity (Wildman–Crippen MR) is 217 cm³/mol. The van der Waals surface area contributed by atoms with Gasteiger partial charge in [0.1, 0.15) is 6.10 Å². The van der Waals surface area contributed by atoms with Crippen LogP contribution in [-0.2, 0) is 9.53 Å². The van der Waals surface area contributed by atoms with E-state index in [1.807, 2.05) is 27.7 Å². The normalized spacial score (nSPS) is 35.4. The lowest BCUT2D eigenvalue weighted by Crippen LogP contribution is -2.31. The number of hydrogen-bond acceptors (Lipinski definition) is 11. The maximum atomic E-state index is 12.8.